The molecule has 0 saturated heterocycles. The first kappa shape index (κ1) is 12.7. The van der Waals surface area contributed by atoms with Crippen LogP contribution in [-0.4, -0.2) is 15.6 Å². The van der Waals surface area contributed by atoms with Crippen molar-refractivity contribution in [3.63, 3.8) is 0 Å². The van der Waals surface area contributed by atoms with Crippen molar-refractivity contribution in [3.05, 3.63) is 47.2 Å². The molecule has 5 heteroatoms. The van der Waals surface area contributed by atoms with E-state index in [0.717, 1.165) is 27.6 Å². The summed E-state index contributed by atoms with van der Waals surface area (Å²) in [6.45, 7) is 1.98. The second kappa shape index (κ2) is 5.27. The van der Waals surface area contributed by atoms with E-state index < -0.39 is 0 Å². The molecule has 0 fully saturated rings. The maximum Gasteiger partial charge on any atom is 0.123 e. The van der Waals surface area contributed by atoms with Gasteiger partial charge in [0.05, 0.1) is 10.7 Å². The van der Waals surface area contributed by atoms with Gasteiger partial charge in [-0.15, -0.1) is 11.8 Å². The molecule has 18 heavy (non-hydrogen) atoms. The van der Waals surface area contributed by atoms with Crippen molar-refractivity contribution in [2.24, 2.45) is 12.8 Å². The van der Waals surface area contributed by atoms with Crippen LogP contribution >= 0.6 is 11.8 Å². The molecule has 0 radical (unpaired) electrons. The number of amidine groups is 1. The lowest BCUT2D eigenvalue weighted by Gasteiger charge is -2.07. The number of aromatic nitrogens is 2. The van der Waals surface area contributed by atoms with E-state index in [1.807, 2.05) is 42.9 Å². The molecule has 1 heterocycles. The Morgan fingerprint density at radius 2 is 2.17 bits per heavy atom. The Morgan fingerprint density at radius 3 is 2.78 bits per heavy atom. The topological polar surface area (TPSA) is 67.7 Å². The van der Waals surface area contributed by atoms with Crippen LogP contribution in [0.25, 0.3) is 0 Å². The van der Waals surface area contributed by atoms with Crippen molar-refractivity contribution < 1.29 is 0 Å². The third-order valence-corrected chi connectivity index (χ3v) is 3.78. The van der Waals surface area contributed by atoms with Crippen molar-refractivity contribution in [3.8, 4) is 0 Å². The molecule has 94 valence electrons. The number of hydrogen-bond acceptors (Lipinski definition) is 3. The summed E-state index contributed by atoms with van der Waals surface area (Å²) < 4.78 is 1.87. The third-order valence-electron chi connectivity index (χ3n) is 2.64. The maximum atomic E-state index is 7.56. The molecule has 4 nitrogen and oxygen atoms in total. The fourth-order valence-corrected chi connectivity index (χ4v) is 2.82. The fraction of sp³-hybridized carbons (Fsp3) is 0.231. The van der Waals surface area contributed by atoms with E-state index in [2.05, 4.69) is 11.2 Å². The minimum Gasteiger partial charge on any atom is -0.384 e. The highest BCUT2D eigenvalue weighted by Gasteiger charge is 2.07. The Kier molecular flexibility index (Phi) is 3.72. The Hall–Kier alpha value is -1.75. The van der Waals surface area contributed by atoms with Gasteiger partial charge in [0.1, 0.15) is 5.84 Å². The lowest BCUT2D eigenvalue weighted by atomic mass is 10.1. The van der Waals surface area contributed by atoms with Crippen LogP contribution in [0.1, 0.15) is 16.8 Å². The number of nitrogens with two attached hydrogens (primary N) is 1. The number of thioether (sulfide) groups is 1. The highest BCUT2D eigenvalue weighted by Crippen LogP contribution is 2.24. The van der Waals surface area contributed by atoms with Gasteiger partial charge in [0.15, 0.2) is 0 Å². The van der Waals surface area contributed by atoms with Crippen molar-refractivity contribution in [1.29, 1.82) is 5.41 Å². The Bertz CT molecular complexity index is 574. The van der Waals surface area contributed by atoms with Gasteiger partial charge in [-0.05, 0) is 18.6 Å². The largest absolute Gasteiger partial charge is 0.384 e. The van der Waals surface area contributed by atoms with Crippen molar-refractivity contribution in [1.82, 2.24) is 9.78 Å². The van der Waals surface area contributed by atoms with Gasteiger partial charge in [-0.25, -0.2) is 0 Å². The Morgan fingerprint density at radius 1 is 1.44 bits per heavy atom. The van der Waals surface area contributed by atoms with Crippen LogP contribution in [0.3, 0.4) is 0 Å². The molecule has 1 aromatic carbocycles. The molecule has 0 aliphatic rings. The summed E-state index contributed by atoms with van der Waals surface area (Å²) in [7, 11) is 1.94. The van der Waals surface area contributed by atoms with E-state index >= 15 is 0 Å². The SMILES string of the molecule is Cc1cc(SCc2ccccc2C(=N)N)n(C)n1. The van der Waals surface area contributed by atoms with Gasteiger partial charge >= 0.3 is 0 Å². The standard InChI is InChI=1S/C13H16N4S/c1-9-7-12(17(2)16-9)18-8-10-5-3-4-6-11(10)13(14)15/h3-7H,8H2,1-2H3,(H3,14,15). The molecule has 0 unspecified atom stereocenters. The second-order valence-corrected chi connectivity index (χ2v) is 5.10. The van der Waals surface area contributed by atoms with Crippen molar-refractivity contribution >= 4 is 17.6 Å². The van der Waals surface area contributed by atoms with E-state index in [9.17, 15) is 0 Å². The molecule has 0 spiro atoms. The molecule has 2 aromatic rings. The average Bonchev–Trinajstić information content (AvgIpc) is 2.65. The summed E-state index contributed by atoms with van der Waals surface area (Å²) in [5.41, 5.74) is 8.47. The number of hydrogen-bond donors (Lipinski definition) is 2. The molecule has 3 N–H and O–H groups in total. The lowest BCUT2D eigenvalue weighted by molar-refractivity contribution is 0.692. The van der Waals surface area contributed by atoms with Gasteiger partial charge in [0, 0.05) is 18.4 Å². The van der Waals surface area contributed by atoms with E-state index in [-0.39, 0.29) is 5.84 Å². The van der Waals surface area contributed by atoms with Gasteiger partial charge < -0.3 is 5.73 Å². The molecule has 0 amide bonds. The summed E-state index contributed by atoms with van der Waals surface area (Å²) in [6, 6.07) is 9.82. The monoisotopic (exact) mass is 260 g/mol. The van der Waals surface area contributed by atoms with Crippen LogP contribution in [0.5, 0.6) is 0 Å². The predicted octanol–water partition coefficient (Wildman–Crippen LogP) is 2.30. The molecule has 0 bridgehead atoms. The molecular weight excluding hydrogens is 244 g/mol. The molecule has 0 saturated carbocycles. The summed E-state index contributed by atoms with van der Waals surface area (Å²) in [5.74, 6) is 0.904. The summed E-state index contributed by atoms with van der Waals surface area (Å²) in [4.78, 5) is 0. The van der Waals surface area contributed by atoms with Gasteiger partial charge in [-0.1, -0.05) is 24.3 Å². The first-order valence-electron chi connectivity index (χ1n) is 5.63. The first-order chi connectivity index (χ1) is 8.58. The molecule has 0 aliphatic carbocycles. The highest BCUT2D eigenvalue weighted by atomic mass is 32.2. The molecule has 2 rings (SSSR count). The Balaban J connectivity index is 2.15. The van der Waals surface area contributed by atoms with Crippen molar-refractivity contribution in [2.75, 3.05) is 0 Å². The summed E-state index contributed by atoms with van der Waals surface area (Å²) in [6.07, 6.45) is 0. The smallest absolute Gasteiger partial charge is 0.123 e. The molecular formula is C13H16N4S. The first-order valence-corrected chi connectivity index (χ1v) is 6.62. The number of nitrogen functional groups attached to an aromatic ring is 1. The predicted molar refractivity (Wildman–Crippen MR) is 75.0 cm³/mol. The van der Waals surface area contributed by atoms with Crippen LogP contribution in [0.2, 0.25) is 0 Å². The van der Waals surface area contributed by atoms with Gasteiger partial charge in [-0.2, -0.15) is 5.10 Å². The van der Waals surface area contributed by atoms with E-state index in [0.29, 0.717) is 0 Å². The number of nitrogens with zero attached hydrogens (tertiary/aromatic N) is 2. The van der Waals surface area contributed by atoms with E-state index in [1.54, 1.807) is 11.8 Å². The summed E-state index contributed by atoms with van der Waals surface area (Å²) in [5, 5.41) is 13.0. The second-order valence-electron chi connectivity index (χ2n) is 4.11. The van der Waals surface area contributed by atoms with Crippen LogP contribution in [0.4, 0.5) is 0 Å². The minimum atomic E-state index is 0.118. The number of aryl methyl sites for hydroxylation is 2. The quantitative estimate of drug-likeness (QED) is 0.503. The van der Waals surface area contributed by atoms with Crippen molar-refractivity contribution in [2.45, 2.75) is 17.7 Å². The summed E-state index contributed by atoms with van der Waals surface area (Å²) >= 11 is 1.70. The van der Waals surface area contributed by atoms with E-state index in [4.69, 9.17) is 11.1 Å². The zero-order valence-corrected chi connectivity index (χ0v) is 11.3. The van der Waals surface area contributed by atoms with Crippen LogP contribution in [0, 0.1) is 12.3 Å². The van der Waals surface area contributed by atoms with Crippen LogP contribution in [-0.2, 0) is 12.8 Å². The van der Waals surface area contributed by atoms with Crippen LogP contribution in [0.15, 0.2) is 35.4 Å². The Labute approximate surface area is 111 Å². The minimum absolute atomic E-state index is 0.118. The van der Waals surface area contributed by atoms with Crippen LogP contribution < -0.4 is 5.73 Å². The fourth-order valence-electron chi connectivity index (χ4n) is 1.78. The highest BCUT2D eigenvalue weighted by molar-refractivity contribution is 7.98. The van der Waals surface area contributed by atoms with Gasteiger partial charge in [0.25, 0.3) is 0 Å². The number of rotatable bonds is 4. The number of nitrogens with one attached hydrogen (secondary N) is 1. The third kappa shape index (κ3) is 2.73. The molecule has 0 atom stereocenters. The number of benzene rings is 1. The van der Waals surface area contributed by atoms with Gasteiger partial charge in [0.2, 0.25) is 0 Å². The zero-order chi connectivity index (χ0) is 13.1. The van der Waals surface area contributed by atoms with E-state index in [1.165, 1.54) is 0 Å². The zero-order valence-electron chi connectivity index (χ0n) is 10.5. The lowest BCUT2D eigenvalue weighted by Crippen LogP contribution is -2.13. The molecule has 0 aliphatic heterocycles. The van der Waals surface area contributed by atoms with Gasteiger partial charge in [-0.3, -0.25) is 10.1 Å². The average molecular weight is 260 g/mol. The molecule has 1 aromatic heterocycles. The maximum absolute atomic E-state index is 7.56. The normalized spacial score (nSPS) is 10.6.